The van der Waals surface area contributed by atoms with Crippen molar-refractivity contribution in [1.82, 2.24) is 44.9 Å². The number of rotatable bonds is 13. The lowest BCUT2D eigenvalue weighted by atomic mass is 9.89. The van der Waals surface area contributed by atoms with Gasteiger partial charge in [0.1, 0.15) is 29.9 Å². The SMILES string of the molecule is C[C@@H](Cn1cnnn1)Oc1cc(-c2cnc(Nc3cn([C@H]4CC[C@H](N5[C@@H]6CC[C@H]5COC6)CC4)nc3OCCC(C)(C)O)nc2)ccc1C#N. The molecule has 5 heterocycles. The van der Waals surface area contributed by atoms with Crippen LogP contribution in [0.15, 0.2) is 43.1 Å². The summed E-state index contributed by atoms with van der Waals surface area (Å²) in [5, 5.41) is 39.3. The summed E-state index contributed by atoms with van der Waals surface area (Å²) in [6, 6.07) is 9.61. The standard InChI is InChI=1S/C35H45N11O4/c1-23(18-44-22-39-42-43-44)50-32-14-24(4-5-25(32)15-36)26-16-37-34(38-17-26)40-31-19-45(41-33(31)49-13-12-35(2,3)47)27-6-8-28(9-7-27)46-29-10-11-30(46)21-48-20-29/h4-5,14,16-17,19,22-23,27-30,47H,6-13,18,20-21H2,1-3H3,(H,37,38,40)/t23-,27-,28-,29-,30+/m0/s1. The molecule has 50 heavy (non-hydrogen) atoms. The van der Waals surface area contributed by atoms with Crippen LogP contribution in [0.3, 0.4) is 0 Å². The second-order valence-corrected chi connectivity index (χ2v) is 14.3. The number of nitriles is 1. The second kappa shape index (κ2) is 14.7. The molecule has 15 heteroatoms. The largest absolute Gasteiger partial charge is 0.487 e. The van der Waals surface area contributed by atoms with E-state index in [0.717, 1.165) is 50.0 Å². The second-order valence-electron chi connectivity index (χ2n) is 14.3. The number of benzene rings is 1. The number of hydrogen-bond acceptors (Lipinski definition) is 13. The van der Waals surface area contributed by atoms with Crippen molar-refractivity contribution < 1.29 is 19.3 Å². The van der Waals surface area contributed by atoms with E-state index in [4.69, 9.17) is 19.3 Å². The fourth-order valence-corrected chi connectivity index (χ4v) is 7.36. The zero-order valence-electron chi connectivity index (χ0n) is 28.9. The summed E-state index contributed by atoms with van der Waals surface area (Å²) >= 11 is 0. The van der Waals surface area contributed by atoms with Gasteiger partial charge in [-0.1, -0.05) is 6.07 Å². The Balaban J connectivity index is 1.04. The topological polar surface area (TPSA) is 174 Å². The maximum atomic E-state index is 10.3. The number of nitrogens with zero attached hydrogens (tertiary/aromatic N) is 10. The van der Waals surface area contributed by atoms with Crippen molar-refractivity contribution in [2.75, 3.05) is 25.1 Å². The predicted octanol–water partition coefficient (Wildman–Crippen LogP) is 4.30. The van der Waals surface area contributed by atoms with Crippen LogP contribution in [0.4, 0.5) is 11.6 Å². The van der Waals surface area contributed by atoms with Crippen molar-refractivity contribution in [3.05, 3.63) is 48.7 Å². The smallest absolute Gasteiger partial charge is 0.256 e. The molecule has 2 bridgehead atoms. The Morgan fingerprint density at radius 1 is 1.04 bits per heavy atom. The Kier molecular flexibility index (Phi) is 9.93. The molecule has 2 N–H and O–H groups in total. The first-order valence-corrected chi connectivity index (χ1v) is 17.5. The number of nitrogens with one attached hydrogen (secondary N) is 1. The molecule has 264 valence electrons. The van der Waals surface area contributed by atoms with Crippen molar-refractivity contribution in [3.8, 4) is 28.8 Å². The van der Waals surface area contributed by atoms with E-state index in [1.165, 1.54) is 19.2 Å². The van der Waals surface area contributed by atoms with Gasteiger partial charge in [-0.2, -0.15) is 5.26 Å². The van der Waals surface area contributed by atoms with Crippen LogP contribution in [-0.4, -0.2) is 99.6 Å². The number of anilines is 2. The van der Waals surface area contributed by atoms with Crippen LogP contribution in [0.1, 0.15) is 77.3 Å². The van der Waals surface area contributed by atoms with Crippen molar-refractivity contribution >= 4 is 11.6 Å². The van der Waals surface area contributed by atoms with Crippen molar-refractivity contribution in [2.45, 2.75) is 108 Å². The monoisotopic (exact) mass is 683 g/mol. The Morgan fingerprint density at radius 3 is 2.44 bits per heavy atom. The molecule has 15 nitrogen and oxygen atoms in total. The molecular weight excluding hydrogens is 638 g/mol. The summed E-state index contributed by atoms with van der Waals surface area (Å²) in [4.78, 5) is 11.9. The Labute approximate surface area is 291 Å². The molecule has 1 saturated carbocycles. The summed E-state index contributed by atoms with van der Waals surface area (Å²) in [7, 11) is 0. The highest BCUT2D eigenvalue weighted by Gasteiger charge is 2.42. The molecule has 3 fully saturated rings. The van der Waals surface area contributed by atoms with Crippen LogP contribution in [0, 0.1) is 11.3 Å². The summed E-state index contributed by atoms with van der Waals surface area (Å²) in [6.07, 6.45) is 14.0. The van der Waals surface area contributed by atoms with Gasteiger partial charge in [0.2, 0.25) is 5.95 Å². The van der Waals surface area contributed by atoms with E-state index in [1.807, 2.05) is 29.9 Å². The van der Waals surface area contributed by atoms with E-state index in [-0.39, 0.29) is 12.1 Å². The predicted molar refractivity (Wildman–Crippen MR) is 183 cm³/mol. The van der Waals surface area contributed by atoms with Gasteiger partial charge in [0.25, 0.3) is 5.88 Å². The molecule has 1 aliphatic carbocycles. The first-order chi connectivity index (χ1) is 24.2. The number of tetrazole rings is 1. The number of fused-ring (bicyclic) bond motifs is 2. The fourth-order valence-electron chi connectivity index (χ4n) is 7.36. The molecular formula is C35H45N11O4. The number of ether oxygens (including phenoxy) is 3. The third-order valence-electron chi connectivity index (χ3n) is 9.91. The molecule has 0 amide bonds. The quantitative estimate of drug-likeness (QED) is 0.204. The average molecular weight is 684 g/mol. The molecule has 2 aliphatic heterocycles. The zero-order valence-corrected chi connectivity index (χ0v) is 28.9. The molecule has 0 spiro atoms. The summed E-state index contributed by atoms with van der Waals surface area (Å²) in [6.45, 7) is 7.91. The fraction of sp³-hybridized carbons (Fsp3) is 0.571. The third-order valence-corrected chi connectivity index (χ3v) is 9.91. The lowest BCUT2D eigenvalue weighted by molar-refractivity contribution is -0.0458. The zero-order chi connectivity index (χ0) is 34.7. The first-order valence-electron chi connectivity index (χ1n) is 17.5. The van der Waals surface area contributed by atoms with Gasteiger partial charge in [-0.25, -0.2) is 14.6 Å². The minimum atomic E-state index is -0.852. The molecule has 3 aliphatic rings. The van der Waals surface area contributed by atoms with Crippen LogP contribution >= 0.6 is 0 Å². The van der Waals surface area contributed by atoms with Crippen LogP contribution in [0.25, 0.3) is 11.1 Å². The summed E-state index contributed by atoms with van der Waals surface area (Å²) < 4.78 is 21.7. The molecule has 4 aromatic rings. The molecule has 3 aromatic heterocycles. The van der Waals surface area contributed by atoms with Gasteiger partial charge in [0, 0.05) is 42.5 Å². The van der Waals surface area contributed by atoms with E-state index in [2.05, 4.69) is 41.8 Å². The Bertz CT molecular complexity index is 1740. The van der Waals surface area contributed by atoms with Crippen molar-refractivity contribution in [2.24, 2.45) is 0 Å². The number of aromatic nitrogens is 8. The molecule has 3 atom stereocenters. The Hall–Kier alpha value is -4.65. The van der Waals surface area contributed by atoms with Gasteiger partial charge in [-0.05, 0) is 87.4 Å². The normalized spacial score (nSPS) is 22.9. The van der Waals surface area contributed by atoms with E-state index < -0.39 is 5.60 Å². The molecule has 2 saturated heterocycles. The van der Waals surface area contributed by atoms with Gasteiger partial charge < -0.3 is 24.6 Å². The van der Waals surface area contributed by atoms with Gasteiger partial charge in [0.15, 0.2) is 0 Å². The minimum Gasteiger partial charge on any atom is -0.487 e. The maximum absolute atomic E-state index is 10.3. The van der Waals surface area contributed by atoms with E-state index in [1.54, 1.807) is 37.0 Å². The first kappa shape index (κ1) is 33.8. The van der Waals surface area contributed by atoms with Crippen LogP contribution in [0.2, 0.25) is 0 Å². The van der Waals surface area contributed by atoms with Gasteiger partial charge in [-0.3, -0.25) is 9.58 Å². The van der Waals surface area contributed by atoms with Gasteiger partial charge >= 0.3 is 0 Å². The number of morpholine rings is 1. The van der Waals surface area contributed by atoms with Gasteiger partial charge in [-0.15, -0.1) is 10.2 Å². The van der Waals surface area contributed by atoms with Crippen LogP contribution < -0.4 is 14.8 Å². The van der Waals surface area contributed by atoms with E-state index in [0.29, 0.717) is 66.5 Å². The lowest BCUT2D eigenvalue weighted by Gasteiger charge is -2.43. The molecule has 0 radical (unpaired) electrons. The number of hydrogen-bond donors (Lipinski definition) is 2. The highest BCUT2D eigenvalue weighted by Crippen LogP contribution is 2.39. The molecule has 0 unspecified atom stereocenters. The summed E-state index contributed by atoms with van der Waals surface area (Å²) in [5.41, 5.74) is 1.82. The van der Waals surface area contributed by atoms with E-state index >= 15 is 0 Å². The molecule has 7 rings (SSSR count). The highest BCUT2D eigenvalue weighted by molar-refractivity contribution is 5.67. The van der Waals surface area contributed by atoms with Crippen LogP contribution in [0.5, 0.6) is 11.6 Å². The van der Waals surface area contributed by atoms with E-state index in [9.17, 15) is 10.4 Å². The maximum Gasteiger partial charge on any atom is 0.256 e. The van der Waals surface area contributed by atoms with Crippen molar-refractivity contribution in [3.63, 3.8) is 0 Å². The minimum absolute atomic E-state index is 0.267. The summed E-state index contributed by atoms with van der Waals surface area (Å²) in [5.74, 6) is 1.31. The third kappa shape index (κ3) is 7.88. The van der Waals surface area contributed by atoms with Gasteiger partial charge in [0.05, 0.1) is 49.8 Å². The van der Waals surface area contributed by atoms with Crippen LogP contribution in [-0.2, 0) is 11.3 Å². The van der Waals surface area contributed by atoms with Crippen molar-refractivity contribution in [1.29, 1.82) is 5.26 Å². The lowest BCUT2D eigenvalue weighted by Crippen LogP contribution is -2.52. The Morgan fingerprint density at radius 2 is 1.76 bits per heavy atom. The highest BCUT2D eigenvalue weighted by atomic mass is 16.5. The number of aliphatic hydroxyl groups is 1. The molecule has 1 aromatic carbocycles. The average Bonchev–Trinajstić information content (AvgIpc) is 3.82.